The molecule has 1 aliphatic rings. The molecule has 0 saturated heterocycles. The molecule has 0 aromatic heterocycles. The first-order valence-corrected chi connectivity index (χ1v) is 4.45. The zero-order chi connectivity index (χ0) is 8.72. The Balaban J connectivity index is 2.64. The van der Waals surface area contributed by atoms with Crippen molar-refractivity contribution in [3.8, 4) is 5.75 Å². The highest BCUT2D eigenvalue weighted by atomic mass is 79.9. The third-order valence-electron chi connectivity index (χ3n) is 1.95. The Morgan fingerprint density at radius 2 is 2.25 bits per heavy atom. The van der Waals surface area contributed by atoms with Crippen LogP contribution in [0.25, 0.3) is 0 Å². The van der Waals surface area contributed by atoms with Crippen molar-refractivity contribution < 1.29 is 4.74 Å². The third kappa shape index (κ3) is 0.990. The minimum absolute atomic E-state index is 0.0575. The summed E-state index contributed by atoms with van der Waals surface area (Å²) in [6.45, 7) is 0.516. The van der Waals surface area contributed by atoms with Crippen LogP contribution in [0.4, 0.5) is 5.69 Å². The van der Waals surface area contributed by atoms with Gasteiger partial charge in [0.1, 0.15) is 12.4 Å². The fourth-order valence-corrected chi connectivity index (χ4v) is 1.96. The van der Waals surface area contributed by atoms with E-state index in [2.05, 4.69) is 15.9 Å². The van der Waals surface area contributed by atoms with Gasteiger partial charge < -0.3 is 16.2 Å². The smallest absolute Gasteiger partial charge is 0.148 e. The van der Waals surface area contributed by atoms with Gasteiger partial charge in [-0.05, 0) is 12.1 Å². The number of benzene rings is 1. The van der Waals surface area contributed by atoms with Gasteiger partial charge in [0.15, 0.2) is 0 Å². The van der Waals surface area contributed by atoms with Gasteiger partial charge in [-0.15, -0.1) is 0 Å². The standard InChI is InChI=1S/C8H9BrN2O/c9-4-1-2-5(10)8-7(4)6(11)3-12-8/h1-2,6H,3,10-11H2. The molecule has 0 fully saturated rings. The van der Waals surface area contributed by atoms with Crippen molar-refractivity contribution in [1.29, 1.82) is 0 Å². The average Bonchev–Trinajstić information content (AvgIpc) is 2.42. The van der Waals surface area contributed by atoms with Crippen LogP contribution in [0.1, 0.15) is 11.6 Å². The lowest BCUT2D eigenvalue weighted by atomic mass is 10.1. The highest BCUT2D eigenvalue weighted by molar-refractivity contribution is 9.10. The molecule has 1 atom stereocenters. The van der Waals surface area contributed by atoms with Crippen LogP contribution in [0.15, 0.2) is 16.6 Å². The molecule has 4 heteroatoms. The van der Waals surface area contributed by atoms with Crippen LogP contribution in [0.5, 0.6) is 5.75 Å². The first kappa shape index (κ1) is 7.89. The molecule has 0 bridgehead atoms. The van der Waals surface area contributed by atoms with E-state index in [9.17, 15) is 0 Å². The Kier molecular flexibility index (Phi) is 1.73. The van der Waals surface area contributed by atoms with Gasteiger partial charge in [0.2, 0.25) is 0 Å². The van der Waals surface area contributed by atoms with Crippen molar-refractivity contribution >= 4 is 21.6 Å². The molecule has 12 heavy (non-hydrogen) atoms. The quantitative estimate of drug-likeness (QED) is 0.661. The van der Waals surface area contributed by atoms with E-state index in [4.69, 9.17) is 16.2 Å². The summed E-state index contributed by atoms with van der Waals surface area (Å²) in [5.74, 6) is 0.733. The molecule has 3 nitrogen and oxygen atoms in total. The molecule has 1 aliphatic heterocycles. The van der Waals surface area contributed by atoms with E-state index >= 15 is 0 Å². The van der Waals surface area contributed by atoms with Crippen LogP contribution in [-0.4, -0.2) is 6.61 Å². The molecule has 1 heterocycles. The van der Waals surface area contributed by atoms with Crippen LogP contribution in [0.2, 0.25) is 0 Å². The fourth-order valence-electron chi connectivity index (χ4n) is 1.36. The molecule has 2 rings (SSSR count). The molecule has 0 saturated carbocycles. The molecule has 1 unspecified atom stereocenters. The molecule has 4 N–H and O–H groups in total. The van der Waals surface area contributed by atoms with Crippen molar-refractivity contribution in [3.05, 3.63) is 22.2 Å². The van der Waals surface area contributed by atoms with E-state index in [0.717, 1.165) is 15.8 Å². The number of anilines is 1. The number of nitrogen functional groups attached to an aromatic ring is 1. The monoisotopic (exact) mass is 228 g/mol. The second-order valence-electron chi connectivity index (χ2n) is 2.80. The lowest BCUT2D eigenvalue weighted by molar-refractivity contribution is 0.334. The van der Waals surface area contributed by atoms with Gasteiger partial charge in [-0.3, -0.25) is 0 Å². The lowest BCUT2D eigenvalue weighted by Crippen LogP contribution is -2.11. The summed E-state index contributed by atoms with van der Waals surface area (Å²) in [5, 5.41) is 0. The van der Waals surface area contributed by atoms with E-state index in [1.807, 2.05) is 6.07 Å². The number of halogens is 1. The average molecular weight is 229 g/mol. The van der Waals surface area contributed by atoms with Crippen LogP contribution < -0.4 is 16.2 Å². The Morgan fingerprint density at radius 1 is 1.50 bits per heavy atom. The predicted octanol–water partition coefficient (Wildman–Crippen LogP) is 1.42. The maximum Gasteiger partial charge on any atom is 0.148 e. The van der Waals surface area contributed by atoms with Crippen LogP contribution in [-0.2, 0) is 0 Å². The van der Waals surface area contributed by atoms with Gasteiger partial charge in [-0.1, -0.05) is 15.9 Å². The number of hydrogen-bond acceptors (Lipinski definition) is 3. The van der Waals surface area contributed by atoms with Crippen molar-refractivity contribution in [2.24, 2.45) is 5.73 Å². The number of fused-ring (bicyclic) bond motifs is 1. The first-order chi connectivity index (χ1) is 5.70. The van der Waals surface area contributed by atoms with Crippen molar-refractivity contribution in [2.75, 3.05) is 12.3 Å². The number of ether oxygens (including phenoxy) is 1. The molecular formula is C8H9BrN2O. The Bertz CT molecular complexity index is 327. The van der Waals surface area contributed by atoms with Gasteiger partial charge in [-0.2, -0.15) is 0 Å². The molecule has 0 amide bonds. The Hall–Kier alpha value is -0.740. The molecule has 0 radical (unpaired) electrons. The van der Waals surface area contributed by atoms with Crippen LogP contribution >= 0.6 is 15.9 Å². The van der Waals surface area contributed by atoms with E-state index in [0.29, 0.717) is 12.3 Å². The molecule has 1 aromatic carbocycles. The zero-order valence-corrected chi connectivity index (χ0v) is 7.97. The van der Waals surface area contributed by atoms with Gasteiger partial charge >= 0.3 is 0 Å². The Morgan fingerprint density at radius 3 is 2.92 bits per heavy atom. The highest BCUT2D eigenvalue weighted by Gasteiger charge is 2.25. The summed E-state index contributed by atoms with van der Waals surface area (Å²) in [4.78, 5) is 0. The molecular weight excluding hydrogens is 220 g/mol. The van der Waals surface area contributed by atoms with Crippen LogP contribution in [0.3, 0.4) is 0 Å². The summed E-state index contributed by atoms with van der Waals surface area (Å²) in [7, 11) is 0. The highest BCUT2D eigenvalue weighted by Crippen LogP contribution is 2.40. The number of hydrogen-bond donors (Lipinski definition) is 2. The third-order valence-corrected chi connectivity index (χ3v) is 2.64. The van der Waals surface area contributed by atoms with Gasteiger partial charge in [0.25, 0.3) is 0 Å². The minimum Gasteiger partial charge on any atom is -0.489 e. The van der Waals surface area contributed by atoms with E-state index in [1.165, 1.54) is 0 Å². The first-order valence-electron chi connectivity index (χ1n) is 3.66. The number of rotatable bonds is 0. The fraction of sp³-hybridized carbons (Fsp3) is 0.250. The summed E-state index contributed by atoms with van der Waals surface area (Å²) in [6.07, 6.45) is 0. The summed E-state index contributed by atoms with van der Waals surface area (Å²) < 4.78 is 6.31. The molecule has 0 spiro atoms. The second kappa shape index (κ2) is 2.64. The summed E-state index contributed by atoms with van der Waals surface area (Å²) in [6, 6.07) is 3.64. The van der Waals surface area contributed by atoms with E-state index in [-0.39, 0.29) is 6.04 Å². The SMILES string of the molecule is Nc1ccc(Br)c2c1OCC2N. The molecule has 0 aliphatic carbocycles. The Labute approximate surface area is 78.8 Å². The van der Waals surface area contributed by atoms with Crippen molar-refractivity contribution in [3.63, 3.8) is 0 Å². The maximum absolute atomic E-state index is 5.81. The predicted molar refractivity (Wildman–Crippen MR) is 51.0 cm³/mol. The lowest BCUT2D eigenvalue weighted by Gasteiger charge is -2.05. The normalized spacial score (nSPS) is 20.3. The molecule has 1 aromatic rings. The van der Waals surface area contributed by atoms with Crippen molar-refractivity contribution in [1.82, 2.24) is 0 Å². The minimum atomic E-state index is -0.0575. The summed E-state index contributed by atoms with van der Waals surface area (Å²) >= 11 is 3.41. The van der Waals surface area contributed by atoms with Gasteiger partial charge in [-0.25, -0.2) is 0 Å². The van der Waals surface area contributed by atoms with E-state index in [1.54, 1.807) is 6.07 Å². The van der Waals surface area contributed by atoms with Crippen molar-refractivity contribution in [2.45, 2.75) is 6.04 Å². The topological polar surface area (TPSA) is 61.3 Å². The second-order valence-corrected chi connectivity index (χ2v) is 3.65. The van der Waals surface area contributed by atoms with Crippen LogP contribution in [0, 0.1) is 0 Å². The van der Waals surface area contributed by atoms with E-state index < -0.39 is 0 Å². The summed E-state index contributed by atoms with van der Waals surface area (Å²) in [5.41, 5.74) is 13.1. The zero-order valence-electron chi connectivity index (χ0n) is 6.38. The number of nitrogens with two attached hydrogens (primary N) is 2. The van der Waals surface area contributed by atoms with Gasteiger partial charge in [0, 0.05) is 10.0 Å². The van der Waals surface area contributed by atoms with Gasteiger partial charge in [0.05, 0.1) is 11.7 Å². The largest absolute Gasteiger partial charge is 0.489 e. The maximum atomic E-state index is 5.81. The molecule has 64 valence electrons.